The van der Waals surface area contributed by atoms with Gasteiger partial charge < -0.3 is 10.5 Å². The Labute approximate surface area is 106 Å². The van der Waals surface area contributed by atoms with Crippen molar-refractivity contribution in [2.24, 2.45) is 0 Å². The van der Waals surface area contributed by atoms with Gasteiger partial charge in [0.2, 0.25) is 0 Å². The number of ether oxygens (including phenoxy) is 1. The fourth-order valence-corrected chi connectivity index (χ4v) is 2.51. The summed E-state index contributed by atoms with van der Waals surface area (Å²) in [5.74, 6) is 0.878. The van der Waals surface area contributed by atoms with Crippen molar-refractivity contribution in [3.05, 3.63) is 48.0 Å². The number of aryl methyl sites for hydroxylation is 1. The van der Waals surface area contributed by atoms with Gasteiger partial charge in [0.25, 0.3) is 0 Å². The second-order valence-electron chi connectivity index (χ2n) is 3.81. The summed E-state index contributed by atoms with van der Waals surface area (Å²) in [6.45, 7) is 2.07. The molecule has 0 saturated heterocycles. The van der Waals surface area contributed by atoms with Crippen LogP contribution in [0, 0.1) is 6.92 Å². The van der Waals surface area contributed by atoms with Gasteiger partial charge in [0.1, 0.15) is 5.75 Å². The van der Waals surface area contributed by atoms with Gasteiger partial charge in [0.05, 0.1) is 7.11 Å². The molecule has 0 spiro atoms. The highest BCUT2D eigenvalue weighted by atomic mass is 32.2. The number of hydrogen-bond acceptors (Lipinski definition) is 3. The first-order valence-corrected chi connectivity index (χ1v) is 6.19. The molecule has 2 rings (SSSR count). The van der Waals surface area contributed by atoms with Gasteiger partial charge in [-0.15, -0.1) is 0 Å². The summed E-state index contributed by atoms with van der Waals surface area (Å²) in [5.41, 5.74) is 7.73. The van der Waals surface area contributed by atoms with Crippen LogP contribution in [0.3, 0.4) is 0 Å². The molecular formula is C14H15NOS. The molecule has 0 heterocycles. The summed E-state index contributed by atoms with van der Waals surface area (Å²) in [7, 11) is 1.68. The van der Waals surface area contributed by atoms with E-state index < -0.39 is 0 Å². The van der Waals surface area contributed by atoms with E-state index in [1.807, 2.05) is 30.3 Å². The number of hydrogen-bond donors (Lipinski definition) is 1. The maximum absolute atomic E-state index is 5.74. The van der Waals surface area contributed by atoms with Crippen molar-refractivity contribution in [2.45, 2.75) is 16.7 Å². The van der Waals surface area contributed by atoms with Crippen LogP contribution in [0.2, 0.25) is 0 Å². The molecule has 0 unspecified atom stereocenters. The molecule has 2 aromatic carbocycles. The van der Waals surface area contributed by atoms with E-state index in [4.69, 9.17) is 10.5 Å². The van der Waals surface area contributed by atoms with E-state index in [1.165, 1.54) is 10.5 Å². The van der Waals surface area contributed by atoms with Crippen LogP contribution in [0.25, 0.3) is 0 Å². The van der Waals surface area contributed by atoms with Crippen LogP contribution in [0.4, 0.5) is 5.69 Å². The minimum absolute atomic E-state index is 0.803. The first-order chi connectivity index (χ1) is 8.19. The fraction of sp³-hybridized carbons (Fsp3) is 0.143. The molecule has 17 heavy (non-hydrogen) atoms. The Kier molecular flexibility index (Phi) is 3.59. The molecular weight excluding hydrogens is 230 g/mol. The van der Waals surface area contributed by atoms with Crippen molar-refractivity contribution < 1.29 is 4.74 Å². The summed E-state index contributed by atoms with van der Waals surface area (Å²) < 4.78 is 5.21. The van der Waals surface area contributed by atoms with Crippen LogP contribution < -0.4 is 10.5 Å². The fourth-order valence-electron chi connectivity index (χ4n) is 1.58. The van der Waals surface area contributed by atoms with Crippen molar-refractivity contribution >= 4 is 17.4 Å². The van der Waals surface area contributed by atoms with E-state index in [0.29, 0.717) is 0 Å². The van der Waals surface area contributed by atoms with Gasteiger partial charge in [0, 0.05) is 15.5 Å². The van der Waals surface area contributed by atoms with E-state index in [9.17, 15) is 0 Å². The van der Waals surface area contributed by atoms with Crippen molar-refractivity contribution in [1.82, 2.24) is 0 Å². The zero-order chi connectivity index (χ0) is 12.3. The maximum Gasteiger partial charge on any atom is 0.119 e. The SMILES string of the molecule is COc1cccc(Sc2ccc(N)cc2C)c1. The second kappa shape index (κ2) is 5.15. The third-order valence-corrected chi connectivity index (χ3v) is 3.64. The molecule has 0 fully saturated rings. The molecule has 3 heteroatoms. The molecule has 0 aliphatic heterocycles. The van der Waals surface area contributed by atoms with Crippen molar-refractivity contribution in [1.29, 1.82) is 0 Å². The van der Waals surface area contributed by atoms with E-state index in [-0.39, 0.29) is 0 Å². The Morgan fingerprint density at radius 3 is 2.65 bits per heavy atom. The second-order valence-corrected chi connectivity index (χ2v) is 4.92. The highest BCUT2D eigenvalue weighted by molar-refractivity contribution is 7.99. The summed E-state index contributed by atoms with van der Waals surface area (Å²) in [6, 6.07) is 14.0. The molecule has 2 N–H and O–H groups in total. The van der Waals surface area contributed by atoms with Crippen LogP contribution in [0.1, 0.15) is 5.56 Å². The van der Waals surface area contributed by atoms with E-state index >= 15 is 0 Å². The smallest absolute Gasteiger partial charge is 0.119 e. The van der Waals surface area contributed by atoms with Gasteiger partial charge in [-0.05, 0) is 48.9 Å². The van der Waals surface area contributed by atoms with Crippen molar-refractivity contribution in [2.75, 3.05) is 12.8 Å². The molecule has 2 aromatic rings. The predicted molar refractivity (Wildman–Crippen MR) is 72.7 cm³/mol. The lowest BCUT2D eigenvalue weighted by Gasteiger charge is -2.07. The molecule has 0 aliphatic carbocycles. The lowest BCUT2D eigenvalue weighted by atomic mass is 10.2. The van der Waals surface area contributed by atoms with E-state index in [2.05, 4.69) is 19.1 Å². The van der Waals surface area contributed by atoms with Gasteiger partial charge in [0.15, 0.2) is 0 Å². The van der Waals surface area contributed by atoms with Crippen molar-refractivity contribution in [3.63, 3.8) is 0 Å². The first kappa shape index (κ1) is 11.9. The number of rotatable bonds is 3. The summed E-state index contributed by atoms with van der Waals surface area (Å²) in [5, 5.41) is 0. The van der Waals surface area contributed by atoms with Crippen LogP contribution in [-0.2, 0) is 0 Å². The standard InChI is InChI=1S/C14H15NOS/c1-10-8-11(15)6-7-14(10)17-13-5-3-4-12(9-13)16-2/h3-9H,15H2,1-2H3. The van der Waals surface area contributed by atoms with E-state index in [0.717, 1.165) is 16.3 Å². The Bertz CT molecular complexity index is 525. The van der Waals surface area contributed by atoms with Crippen LogP contribution in [-0.4, -0.2) is 7.11 Å². The largest absolute Gasteiger partial charge is 0.497 e. The quantitative estimate of drug-likeness (QED) is 0.837. The predicted octanol–water partition coefficient (Wildman–Crippen LogP) is 3.74. The number of nitrogens with two attached hydrogens (primary N) is 1. The van der Waals surface area contributed by atoms with Gasteiger partial charge in [-0.1, -0.05) is 17.8 Å². The number of benzene rings is 2. The third-order valence-electron chi connectivity index (χ3n) is 2.47. The van der Waals surface area contributed by atoms with E-state index in [1.54, 1.807) is 18.9 Å². The zero-order valence-electron chi connectivity index (χ0n) is 9.94. The van der Waals surface area contributed by atoms with Crippen molar-refractivity contribution in [3.8, 4) is 5.75 Å². The van der Waals surface area contributed by atoms with Crippen LogP contribution in [0.5, 0.6) is 5.75 Å². The van der Waals surface area contributed by atoms with Crippen LogP contribution in [0.15, 0.2) is 52.3 Å². The number of anilines is 1. The van der Waals surface area contributed by atoms with Gasteiger partial charge >= 0.3 is 0 Å². The molecule has 0 aliphatic rings. The molecule has 0 saturated carbocycles. The molecule has 88 valence electrons. The minimum Gasteiger partial charge on any atom is -0.497 e. The topological polar surface area (TPSA) is 35.2 Å². The molecule has 2 nitrogen and oxygen atoms in total. The molecule has 0 aromatic heterocycles. The minimum atomic E-state index is 0.803. The zero-order valence-corrected chi connectivity index (χ0v) is 10.8. The number of nitrogen functional groups attached to an aromatic ring is 1. The normalized spacial score (nSPS) is 10.2. The van der Waals surface area contributed by atoms with Gasteiger partial charge in [-0.25, -0.2) is 0 Å². The lowest BCUT2D eigenvalue weighted by molar-refractivity contribution is 0.413. The highest BCUT2D eigenvalue weighted by Crippen LogP contribution is 2.32. The highest BCUT2D eigenvalue weighted by Gasteiger charge is 2.02. The average molecular weight is 245 g/mol. The maximum atomic E-state index is 5.74. The summed E-state index contributed by atoms with van der Waals surface area (Å²) in [4.78, 5) is 2.38. The molecule has 0 atom stereocenters. The monoisotopic (exact) mass is 245 g/mol. The van der Waals surface area contributed by atoms with Gasteiger partial charge in [-0.2, -0.15) is 0 Å². The van der Waals surface area contributed by atoms with Gasteiger partial charge in [-0.3, -0.25) is 0 Å². The number of methoxy groups -OCH3 is 1. The Balaban J connectivity index is 2.25. The molecule has 0 bridgehead atoms. The Morgan fingerprint density at radius 1 is 1.12 bits per heavy atom. The lowest BCUT2D eigenvalue weighted by Crippen LogP contribution is -1.87. The third kappa shape index (κ3) is 2.94. The molecule has 0 amide bonds. The Morgan fingerprint density at radius 2 is 1.94 bits per heavy atom. The Hall–Kier alpha value is -1.61. The molecule has 0 radical (unpaired) electrons. The van der Waals surface area contributed by atoms with Crippen LogP contribution >= 0.6 is 11.8 Å². The average Bonchev–Trinajstić information content (AvgIpc) is 2.33. The first-order valence-electron chi connectivity index (χ1n) is 5.37. The summed E-state index contributed by atoms with van der Waals surface area (Å²) in [6.07, 6.45) is 0. The summed E-state index contributed by atoms with van der Waals surface area (Å²) >= 11 is 1.72.